The Morgan fingerprint density at radius 1 is 1.33 bits per heavy atom. The number of carboxylic acid groups (broad SMARTS) is 1. The van der Waals surface area contributed by atoms with Crippen molar-refractivity contribution in [1.29, 1.82) is 5.26 Å². The molecule has 2 aliphatic heterocycles. The van der Waals surface area contributed by atoms with Crippen LogP contribution in [0.4, 0.5) is 0 Å². The van der Waals surface area contributed by atoms with E-state index in [9.17, 15) is 9.59 Å². The van der Waals surface area contributed by atoms with Crippen molar-refractivity contribution < 1.29 is 14.7 Å². The lowest BCUT2D eigenvalue weighted by Gasteiger charge is -2.38. The third-order valence-corrected chi connectivity index (χ3v) is 4.75. The van der Waals surface area contributed by atoms with E-state index in [-0.39, 0.29) is 18.2 Å². The van der Waals surface area contributed by atoms with Crippen LogP contribution in [0.1, 0.15) is 38.5 Å². The highest BCUT2D eigenvalue weighted by atomic mass is 16.4. The fourth-order valence-electron chi connectivity index (χ4n) is 3.68. The molecule has 2 unspecified atom stereocenters. The minimum atomic E-state index is -0.722. The molecule has 21 heavy (non-hydrogen) atoms. The molecule has 116 valence electrons. The summed E-state index contributed by atoms with van der Waals surface area (Å²) in [4.78, 5) is 26.9. The van der Waals surface area contributed by atoms with Crippen molar-refractivity contribution >= 4 is 11.9 Å². The average Bonchev–Trinajstić information content (AvgIpc) is 2.67. The van der Waals surface area contributed by atoms with Crippen LogP contribution in [0.5, 0.6) is 0 Å². The number of fused-ring (bicyclic) bond motifs is 2. The Bertz CT molecular complexity index is 432. The first-order valence-corrected chi connectivity index (χ1v) is 7.59. The predicted molar refractivity (Wildman–Crippen MR) is 76.4 cm³/mol. The van der Waals surface area contributed by atoms with Crippen LogP contribution in [0.2, 0.25) is 0 Å². The minimum Gasteiger partial charge on any atom is -0.481 e. The second-order valence-corrected chi connectivity index (χ2v) is 6.22. The molecule has 0 radical (unpaired) electrons. The number of carbonyl (C=O) groups is 2. The molecule has 0 aliphatic carbocycles. The van der Waals surface area contributed by atoms with Crippen molar-refractivity contribution in [2.24, 2.45) is 5.92 Å². The fourth-order valence-corrected chi connectivity index (χ4v) is 3.68. The van der Waals surface area contributed by atoms with E-state index in [0.717, 1.165) is 25.7 Å². The van der Waals surface area contributed by atoms with E-state index in [4.69, 9.17) is 10.4 Å². The van der Waals surface area contributed by atoms with Gasteiger partial charge in [-0.15, -0.1) is 0 Å². The van der Waals surface area contributed by atoms with Gasteiger partial charge in [0, 0.05) is 32.1 Å². The van der Waals surface area contributed by atoms with Gasteiger partial charge in [-0.3, -0.25) is 14.5 Å². The van der Waals surface area contributed by atoms with Gasteiger partial charge in [0.2, 0.25) is 5.91 Å². The van der Waals surface area contributed by atoms with Gasteiger partial charge in [-0.1, -0.05) is 0 Å². The maximum absolute atomic E-state index is 12.2. The van der Waals surface area contributed by atoms with Gasteiger partial charge in [0.15, 0.2) is 0 Å². The van der Waals surface area contributed by atoms with Gasteiger partial charge in [-0.2, -0.15) is 5.26 Å². The zero-order chi connectivity index (χ0) is 15.4. The van der Waals surface area contributed by atoms with E-state index in [1.165, 1.54) is 0 Å². The van der Waals surface area contributed by atoms with Gasteiger partial charge >= 0.3 is 5.97 Å². The van der Waals surface area contributed by atoms with Crippen molar-refractivity contribution in [2.45, 2.75) is 50.6 Å². The first-order chi connectivity index (χ1) is 10.0. The number of nitrogens with zero attached hydrogens (tertiary/aromatic N) is 3. The number of aliphatic carboxylic acids is 1. The number of rotatable bonds is 6. The Morgan fingerprint density at radius 3 is 2.48 bits per heavy atom. The summed E-state index contributed by atoms with van der Waals surface area (Å²) in [5, 5.41) is 17.5. The lowest BCUT2D eigenvalue weighted by molar-refractivity contribution is -0.139. The number of nitriles is 1. The normalized spacial score (nSPS) is 28.1. The van der Waals surface area contributed by atoms with Gasteiger partial charge in [0.1, 0.15) is 0 Å². The molecule has 0 spiro atoms. The second-order valence-electron chi connectivity index (χ2n) is 6.22. The van der Waals surface area contributed by atoms with Gasteiger partial charge in [0.05, 0.1) is 19.0 Å². The van der Waals surface area contributed by atoms with Crippen LogP contribution in [-0.4, -0.2) is 59.0 Å². The first kappa shape index (κ1) is 15.8. The molecule has 0 aromatic carbocycles. The molecule has 0 saturated carbocycles. The number of amides is 1. The van der Waals surface area contributed by atoms with Gasteiger partial charge in [-0.05, 0) is 31.6 Å². The van der Waals surface area contributed by atoms with Crippen molar-refractivity contribution in [3.05, 3.63) is 0 Å². The fraction of sp³-hybridized carbons (Fsp3) is 0.800. The van der Waals surface area contributed by atoms with Gasteiger partial charge in [0.25, 0.3) is 0 Å². The van der Waals surface area contributed by atoms with Gasteiger partial charge < -0.3 is 10.0 Å². The maximum atomic E-state index is 12.2. The number of piperidine rings is 1. The van der Waals surface area contributed by atoms with Crippen LogP contribution in [0.25, 0.3) is 0 Å². The third kappa shape index (κ3) is 3.94. The van der Waals surface area contributed by atoms with Crippen LogP contribution in [0, 0.1) is 17.2 Å². The Labute approximate surface area is 125 Å². The average molecular weight is 293 g/mol. The molecule has 2 rings (SSSR count). The molecule has 2 bridgehead atoms. The zero-order valence-corrected chi connectivity index (χ0v) is 12.5. The van der Waals surface area contributed by atoms with Crippen molar-refractivity contribution in [3.8, 4) is 6.07 Å². The summed E-state index contributed by atoms with van der Waals surface area (Å²) < 4.78 is 0. The summed E-state index contributed by atoms with van der Waals surface area (Å²) in [5.74, 6) is -0.415. The van der Waals surface area contributed by atoms with E-state index < -0.39 is 5.97 Å². The van der Waals surface area contributed by atoms with E-state index in [2.05, 4.69) is 4.90 Å². The number of hydrogen-bond donors (Lipinski definition) is 1. The number of hydrogen-bond acceptors (Lipinski definition) is 4. The summed E-state index contributed by atoms with van der Waals surface area (Å²) in [6.07, 6.45) is 4.51. The molecule has 6 nitrogen and oxygen atoms in total. The topological polar surface area (TPSA) is 84.6 Å². The molecule has 1 N–H and O–H groups in total. The number of likely N-dealkylation sites (N-methyl/N-ethyl adjacent to an activating group) is 1. The summed E-state index contributed by atoms with van der Waals surface area (Å²) in [6.45, 7) is 0.872. The quantitative estimate of drug-likeness (QED) is 0.792. The van der Waals surface area contributed by atoms with E-state index in [1.807, 2.05) is 6.07 Å². The third-order valence-electron chi connectivity index (χ3n) is 4.75. The number of carboxylic acids is 1. The first-order valence-electron chi connectivity index (χ1n) is 7.59. The minimum absolute atomic E-state index is 0.0545. The van der Waals surface area contributed by atoms with Crippen LogP contribution >= 0.6 is 0 Å². The summed E-state index contributed by atoms with van der Waals surface area (Å²) in [7, 11) is 1.73. The van der Waals surface area contributed by atoms with Crippen molar-refractivity contribution in [1.82, 2.24) is 9.80 Å². The number of carbonyl (C=O) groups excluding carboxylic acids is 1. The summed E-state index contributed by atoms with van der Waals surface area (Å²) in [6, 6.07) is 2.74. The Kier molecular flexibility index (Phi) is 5.18. The SMILES string of the molecule is CN(CCC#N)C(=O)CN1C2CCC1CC(CC(=O)O)C2. The second kappa shape index (κ2) is 6.90. The smallest absolute Gasteiger partial charge is 0.303 e. The van der Waals surface area contributed by atoms with E-state index in [1.54, 1.807) is 11.9 Å². The molecule has 2 fully saturated rings. The van der Waals surface area contributed by atoms with Gasteiger partial charge in [-0.25, -0.2) is 0 Å². The zero-order valence-electron chi connectivity index (χ0n) is 12.5. The highest BCUT2D eigenvalue weighted by Gasteiger charge is 2.41. The van der Waals surface area contributed by atoms with E-state index in [0.29, 0.717) is 31.6 Å². The highest BCUT2D eigenvalue weighted by Crippen LogP contribution is 2.39. The van der Waals surface area contributed by atoms with Crippen LogP contribution in [-0.2, 0) is 9.59 Å². The monoisotopic (exact) mass is 293 g/mol. The lowest BCUT2D eigenvalue weighted by Crippen LogP contribution is -2.48. The summed E-state index contributed by atoms with van der Waals surface area (Å²) >= 11 is 0. The molecule has 6 heteroatoms. The molecule has 0 aromatic rings. The Hall–Kier alpha value is -1.61. The standard InChI is InChI=1S/C15H23N3O3/c1-17(6-2-5-16)14(19)10-18-12-3-4-13(18)8-11(7-12)9-15(20)21/h11-13H,2-4,6-10H2,1H3,(H,20,21). The van der Waals surface area contributed by atoms with Crippen molar-refractivity contribution in [3.63, 3.8) is 0 Å². The molecular weight excluding hydrogens is 270 g/mol. The largest absolute Gasteiger partial charge is 0.481 e. The van der Waals surface area contributed by atoms with Crippen LogP contribution in [0.15, 0.2) is 0 Å². The Morgan fingerprint density at radius 2 is 1.95 bits per heavy atom. The molecule has 2 aliphatic rings. The highest BCUT2D eigenvalue weighted by molar-refractivity contribution is 5.78. The molecule has 0 aromatic heterocycles. The molecular formula is C15H23N3O3. The van der Waals surface area contributed by atoms with Crippen LogP contribution in [0.3, 0.4) is 0 Å². The molecule has 1 amide bonds. The van der Waals surface area contributed by atoms with Crippen molar-refractivity contribution in [2.75, 3.05) is 20.1 Å². The van der Waals surface area contributed by atoms with E-state index >= 15 is 0 Å². The molecule has 2 saturated heterocycles. The molecule has 2 heterocycles. The molecule has 2 atom stereocenters. The predicted octanol–water partition coefficient (Wildman–Crippen LogP) is 1.08. The van der Waals surface area contributed by atoms with Crippen LogP contribution < -0.4 is 0 Å². The lowest BCUT2D eigenvalue weighted by atomic mass is 9.88. The maximum Gasteiger partial charge on any atom is 0.303 e. The summed E-state index contributed by atoms with van der Waals surface area (Å²) in [5.41, 5.74) is 0. The Balaban J connectivity index is 1.87.